The molecule has 3 unspecified atom stereocenters. The van der Waals surface area contributed by atoms with Crippen molar-refractivity contribution in [2.24, 2.45) is 5.92 Å². The molecule has 0 aromatic rings. The van der Waals surface area contributed by atoms with E-state index in [1.807, 2.05) is 0 Å². The van der Waals surface area contributed by atoms with Crippen LogP contribution in [0.3, 0.4) is 0 Å². The quantitative estimate of drug-likeness (QED) is 0.688. The first-order valence-electron chi connectivity index (χ1n) is 6.97. The Bertz CT molecular complexity index is 251. The van der Waals surface area contributed by atoms with Crippen molar-refractivity contribution in [1.82, 2.24) is 4.90 Å². The van der Waals surface area contributed by atoms with Crippen LogP contribution in [0.5, 0.6) is 0 Å². The van der Waals surface area contributed by atoms with Crippen LogP contribution in [0.4, 0.5) is 0 Å². The summed E-state index contributed by atoms with van der Waals surface area (Å²) in [7, 11) is 0. The third-order valence-corrected chi connectivity index (χ3v) is 3.82. The zero-order chi connectivity index (χ0) is 12.1. The predicted octanol–water partition coefficient (Wildman–Crippen LogP) is 2.43. The minimum absolute atomic E-state index is 0.0421. The van der Waals surface area contributed by atoms with Gasteiger partial charge in [0.15, 0.2) is 6.29 Å². The SMILES string of the molecule is CCN(CC)CC1COC(C2CC=CCC2)O1. The van der Waals surface area contributed by atoms with Crippen molar-refractivity contribution in [3.8, 4) is 0 Å². The van der Waals surface area contributed by atoms with Crippen molar-refractivity contribution in [2.75, 3.05) is 26.2 Å². The Balaban J connectivity index is 1.76. The van der Waals surface area contributed by atoms with Gasteiger partial charge in [0.2, 0.25) is 0 Å². The fourth-order valence-corrected chi connectivity index (χ4v) is 2.65. The summed E-state index contributed by atoms with van der Waals surface area (Å²) < 4.78 is 11.8. The number of rotatable bonds is 5. The van der Waals surface area contributed by atoms with E-state index >= 15 is 0 Å². The fourth-order valence-electron chi connectivity index (χ4n) is 2.65. The zero-order valence-corrected chi connectivity index (χ0v) is 11.1. The summed E-state index contributed by atoms with van der Waals surface area (Å²) >= 11 is 0. The van der Waals surface area contributed by atoms with Crippen LogP contribution in [0.15, 0.2) is 12.2 Å². The summed E-state index contributed by atoms with van der Waals surface area (Å²) in [6, 6.07) is 0. The molecule has 0 saturated carbocycles. The summed E-state index contributed by atoms with van der Waals surface area (Å²) in [5, 5.41) is 0. The number of allylic oxidation sites excluding steroid dienone is 2. The first-order valence-corrected chi connectivity index (χ1v) is 6.97. The molecule has 3 atom stereocenters. The minimum atomic E-state index is 0.0421. The van der Waals surface area contributed by atoms with Crippen molar-refractivity contribution in [1.29, 1.82) is 0 Å². The van der Waals surface area contributed by atoms with Crippen LogP contribution in [0.2, 0.25) is 0 Å². The van der Waals surface area contributed by atoms with E-state index in [1.54, 1.807) is 0 Å². The minimum Gasteiger partial charge on any atom is -0.350 e. The predicted molar refractivity (Wildman–Crippen MR) is 68.9 cm³/mol. The van der Waals surface area contributed by atoms with E-state index in [1.165, 1.54) is 12.8 Å². The Morgan fingerprint density at radius 2 is 2.06 bits per heavy atom. The lowest BCUT2D eigenvalue weighted by molar-refractivity contribution is -0.101. The normalized spacial score (nSPS) is 33.5. The Kier molecular flexibility index (Phi) is 5.01. The molecule has 0 amide bonds. The van der Waals surface area contributed by atoms with Gasteiger partial charge in [-0.1, -0.05) is 26.0 Å². The highest BCUT2D eigenvalue weighted by Gasteiger charge is 2.32. The molecule has 0 aromatic carbocycles. The molecular weight excluding hydrogens is 214 g/mol. The van der Waals surface area contributed by atoms with E-state index in [0.717, 1.165) is 32.7 Å². The maximum absolute atomic E-state index is 6.04. The molecule has 3 nitrogen and oxygen atoms in total. The van der Waals surface area contributed by atoms with Crippen molar-refractivity contribution in [2.45, 2.75) is 45.5 Å². The molecule has 1 aliphatic heterocycles. The smallest absolute Gasteiger partial charge is 0.161 e. The van der Waals surface area contributed by atoms with Gasteiger partial charge in [0, 0.05) is 12.5 Å². The number of ether oxygens (including phenoxy) is 2. The van der Waals surface area contributed by atoms with Crippen LogP contribution in [-0.2, 0) is 9.47 Å². The second kappa shape index (κ2) is 6.53. The molecule has 0 N–H and O–H groups in total. The average Bonchev–Trinajstić information content (AvgIpc) is 2.85. The highest BCUT2D eigenvalue weighted by Crippen LogP contribution is 2.28. The molecular formula is C14H25NO2. The van der Waals surface area contributed by atoms with Gasteiger partial charge in [0.1, 0.15) is 0 Å². The number of nitrogens with zero attached hydrogens (tertiary/aromatic N) is 1. The van der Waals surface area contributed by atoms with E-state index in [-0.39, 0.29) is 12.4 Å². The second-order valence-electron chi connectivity index (χ2n) is 4.99. The number of likely N-dealkylation sites (N-methyl/N-ethyl adjacent to an activating group) is 1. The van der Waals surface area contributed by atoms with Crippen molar-refractivity contribution in [3.63, 3.8) is 0 Å². The van der Waals surface area contributed by atoms with Crippen LogP contribution < -0.4 is 0 Å². The topological polar surface area (TPSA) is 21.7 Å². The zero-order valence-electron chi connectivity index (χ0n) is 11.1. The van der Waals surface area contributed by atoms with Crippen molar-refractivity contribution in [3.05, 3.63) is 12.2 Å². The molecule has 0 bridgehead atoms. The first-order chi connectivity index (χ1) is 8.33. The number of hydrogen-bond acceptors (Lipinski definition) is 3. The summed E-state index contributed by atoms with van der Waals surface area (Å²) in [6.07, 6.45) is 8.33. The maximum Gasteiger partial charge on any atom is 0.161 e. The molecule has 1 saturated heterocycles. The largest absolute Gasteiger partial charge is 0.350 e. The average molecular weight is 239 g/mol. The molecule has 0 radical (unpaired) electrons. The molecule has 1 aliphatic carbocycles. The Morgan fingerprint density at radius 3 is 2.71 bits per heavy atom. The van der Waals surface area contributed by atoms with Crippen LogP contribution in [0.25, 0.3) is 0 Å². The molecule has 98 valence electrons. The summed E-state index contributed by atoms with van der Waals surface area (Å²) in [5.74, 6) is 0.571. The van der Waals surface area contributed by atoms with Crippen molar-refractivity contribution >= 4 is 0 Å². The van der Waals surface area contributed by atoms with E-state index in [0.29, 0.717) is 5.92 Å². The lowest BCUT2D eigenvalue weighted by Crippen LogP contribution is -2.34. The Hall–Kier alpha value is -0.380. The van der Waals surface area contributed by atoms with Gasteiger partial charge in [-0.25, -0.2) is 0 Å². The molecule has 0 spiro atoms. The number of hydrogen-bond donors (Lipinski definition) is 0. The third kappa shape index (κ3) is 3.54. The standard InChI is InChI=1S/C14H25NO2/c1-3-15(4-2)10-13-11-16-14(17-13)12-8-6-5-7-9-12/h5-6,12-14H,3-4,7-11H2,1-2H3. The maximum atomic E-state index is 6.04. The van der Waals surface area contributed by atoms with E-state index < -0.39 is 0 Å². The lowest BCUT2D eigenvalue weighted by atomic mass is 9.94. The molecule has 17 heavy (non-hydrogen) atoms. The molecule has 1 fully saturated rings. The van der Waals surface area contributed by atoms with Gasteiger partial charge in [0.25, 0.3) is 0 Å². The van der Waals surface area contributed by atoms with Gasteiger partial charge in [-0.05, 0) is 32.4 Å². The lowest BCUT2D eigenvalue weighted by Gasteiger charge is -2.25. The molecule has 0 aromatic heterocycles. The monoisotopic (exact) mass is 239 g/mol. The molecule has 2 rings (SSSR count). The van der Waals surface area contributed by atoms with Crippen LogP contribution in [0.1, 0.15) is 33.1 Å². The fraction of sp³-hybridized carbons (Fsp3) is 0.857. The highest BCUT2D eigenvalue weighted by molar-refractivity contribution is 4.92. The van der Waals surface area contributed by atoms with Gasteiger partial charge < -0.3 is 14.4 Å². The van der Waals surface area contributed by atoms with Crippen LogP contribution in [-0.4, -0.2) is 43.5 Å². The summed E-state index contributed by atoms with van der Waals surface area (Å²) in [6.45, 7) is 8.35. The summed E-state index contributed by atoms with van der Waals surface area (Å²) in [5.41, 5.74) is 0. The van der Waals surface area contributed by atoms with Crippen LogP contribution in [0, 0.1) is 5.92 Å². The van der Waals surface area contributed by atoms with Gasteiger partial charge in [-0.3, -0.25) is 0 Å². The molecule has 3 heteroatoms. The van der Waals surface area contributed by atoms with Crippen LogP contribution >= 0.6 is 0 Å². The third-order valence-electron chi connectivity index (χ3n) is 3.82. The molecule has 2 aliphatic rings. The van der Waals surface area contributed by atoms with E-state index in [2.05, 4.69) is 30.9 Å². The van der Waals surface area contributed by atoms with E-state index in [4.69, 9.17) is 9.47 Å². The van der Waals surface area contributed by atoms with Gasteiger partial charge in [-0.2, -0.15) is 0 Å². The second-order valence-corrected chi connectivity index (χ2v) is 4.99. The summed E-state index contributed by atoms with van der Waals surface area (Å²) in [4.78, 5) is 2.40. The first kappa shape index (κ1) is 13.1. The Labute approximate surface area is 105 Å². The van der Waals surface area contributed by atoms with Crippen molar-refractivity contribution < 1.29 is 9.47 Å². The van der Waals surface area contributed by atoms with Gasteiger partial charge >= 0.3 is 0 Å². The Morgan fingerprint density at radius 1 is 1.24 bits per heavy atom. The van der Waals surface area contributed by atoms with E-state index in [9.17, 15) is 0 Å². The molecule has 1 heterocycles. The van der Waals surface area contributed by atoms with Gasteiger partial charge in [0.05, 0.1) is 12.7 Å². The van der Waals surface area contributed by atoms with Gasteiger partial charge in [-0.15, -0.1) is 0 Å². The highest BCUT2D eigenvalue weighted by atomic mass is 16.7.